The number of hydrogen-bond donors (Lipinski definition) is 1. The Hall–Kier alpha value is -0.810. The predicted octanol–water partition coefficient (Wildman–Crippen LogP) is 2.06. The Bertz CT molecular complexity index is 390. The molecule has 2 N–H and O–H groups in total. The van der Waals surface area contributed by atoms with Crippen LogP contribution in [0.5, 0.6) is 5.75 Å². The van der Waals surface area contributed by atoms with Crippen molar-refractivity contribution in [3.63, 3.8) is 0 Å². The zero-order valence-corrected chi connectivity index (χ0v) is 12.9. The van der Waals surface area contributed by atoms with E-state index in [0.717, 1.165) is 45.0 Å². The number of nitrogens with zero attached hydrogens (tertiary/aromatic N) is 1. The second kappa shape index (κ2) is 9.19. The van der Waals surface area contributed by atoms with E-state index in [9.17, 15) is 0 Å². The van der Waals surface area contributed by atoms with Gasteiger partial charge >= 0.3 is 0 Å². The monoisotopic (exact) mass is 300 g/mol. The third-order valence-electron chi connectivity index (χ3n) is 3.26. The van der Waals surface area contributed by atoms with Crippen molar-refractivity contribution in [1.82, 2.24) is 4.90 Å². The molecule has 0 amide bonds. The van der Waals surface area contributed by atoms with Gasteiger partial charge in [0.05, 0.1) is 19.3 Å². The van der Waals surface area contributed by atoms with Crippen LogP contribution < -0.4 is 10.5 Å². The maximum Gasteiger partial charge on any atom is 0.119 e. The maximum absolute atomic E-state index is 5.67. The third-order valence-corrected chi connectivity index (χ3v) is 3.26. The molecule has 0 spiro atoms. The summed E-state index contributed by atoms with van der Waals surface area (Å²) in [5.74, 6) is 0.961. The van der Waals surface area contributed by atoms with Gasteiger partial charge in [0, 0.05) is 26.2 Å². The Balaban J connectivity index is 0.00000200. The molecular formula is C15H25ClN2O2. The number of ether oxygens (including phenoxy) is 2. The first-order valence-corrected chi connectivity index (χ1v) is 7.07. The molecule has 0 bridgehead atoms. The van der Waals surface area contributed by atoms with Crippen LogP contribution in [0.2, 0.25) is 0 Å². The molecule has 1 fully saturated rings. The number of halogens is 1. The van der Waals surface area contributed by atoms with E-state index in [1.807, 2.05) is 6.07 Å². The number of benzene rings is 1. The lowest BCUT2D eigenvalue weighted by atomic mass is 10.2. The lowest BCUT2D eigenvalue weighted by Crippen LogP contribution is -2.45. The van der Waals surface area contributed by atoms with Crippen molar-refractivity contribution in [1.29, 1.82) is 0 Å². The highest BCUT2D eigenvalue weighted by Gasteiger charge is 2.19. The van der Waals surface area contributed by atoms with Gasteiger partial charge in [-0.15, -0.1) is 12.4 Å². The van der Waals surface area contributed by atoms with Crippen LogP contribution in [0, 0.1) is 0 Å². The van der Waals surface area contributed by atoms with Gasteiger partial charge in [-0.2, -0.15) is 0 Å². The van der Waals surface area contributed by atoms with Crippen LogP contribution in [0.4, 0.5) is 0 Å². The fraction of sp³-hybridized carbons (Fsp3) is 0.600. The molecule has 1 aliphatic heterocycles. The highest BCUT2D eigenvalue weighted by Crippen LogP contribution is 2.16. The first-order chi connectivity index (χ1) is 9.31. The summed E-state index contributed by atoms with van der Waals surface area (Å²) in [7, 11) is 0. The van der Waals surface area contributed by atoms with Crippen LogP contribution in [0.25, 0.3) is 0 Å². The molecule has 2 rings (SSSR count). The summed E-state index contributed by atoms with van der Waals surface area (Å²) in [5.41, 5.74) is 6.95. The zero-order chi connectivity index (χ0) is 13.5. The fourth-order valence-electron chi connectivity index (χ4n) is 2.28. The normalized spacial score (nSPS) is 19.4. The Kier molecular flexibility index (Phi) is 7.92. The van der Waals surface area contributed by atoms with Gasteiger partial charge in [0.15, 0.2) is 0 Å². The number of morpholine rings is 1. The Morgan fingerprint density at radius 1 is 1.45 bits per heavy atom. The van der Waals surface area contributed by atoms with Gasteiger partial charge in [-0.05, 0) is 24.1 Å². The molecule has 1 aromatic rings. The summed E-state index contributed by atoms with van der Waals surface area (Å²) in [4.78, 5) is 2.39. The van der Waals surface area contributed by atoms with Crippen molar-refractivity contribution in [2.45, 2.75) is 26.0 Å². The van der Waals surface area contributed by atoms with Crippen LogP contribution in [0.15, 0.2) is 24.3 Å². The van der Waals surface area contributed by atoms with Crippen molar-refractivity contribution in [3.05, 3.63) is 29.8 Å². The molecule has 20 heavy (non-hydrogen) atoms. The summed E-state index contributed by atoms with van der Waals surface area (Å²) in [5, 5.41) is 0. The summed E-state index contributed by atoms with van der Waals surface area (Å²) in [6, 6.07) is 8.34. The van der Waals surface area contributed by atoms with Gasteiger partial charge in [-0.1, -0.05) is 19.1 Å². The van der Waals surface area contributed by atoms with Crippen molar-refractivity contribution in [2.24, 2.45) is 5.73 Å². The van der Waals surface area contributed by atoms with Crippen molar-refractivity contribution >= 4 is 12.4 Å². The minimum Gasteiger partial charge on any atom is -0.494 e. The van der Waals surface area contributed by atoms with Crippen molar-refractivity contribution < 1.29 is 9.47 Å². The smallest absolute Gasteiger partial charge is 0.119 e. The third kappa shape index (κ3) is 5.29. The predicted molar refractivity (Wildman–Crippen MR) is 83.5 cm³/mol. The van der Waals surface area contributed by atoms with Crippen LogP contribution in [0.3, 0.4) is 0 Å². The number of rotatable bonds is 6. The largest absolute Gasteiger partial charge is 0.494 e. The molecule has 1 heterocycles. The summed E-state index contributed by atoms with van der Waals surface area (Å²) < 4.78 is 11.2. The van der Waals surface area contributed by atoms with E-state index in [2.05, 4.69) is 30.0 Å². The fourth-order valence-corrected chi connectivity index (χ4v) is 2.28. The van der Waals surface area contributed by atoms with Crippen LogP contribution in [-0.2, 0) is 11.3 Å². The molecule has 0 aromatic heterocycles. The lowest BCUT2D eigenvalue weighted by molar-refractivity contribution is -0.0260. The van der Waals surface area contributed by atoms with Gasteiger partial charge in [0.25, 0.3) is 0 Å². The molecule has 0 saturated carbocycles. The molecule has 1 aromatic carbocycles. The second-order valence-electron chi connectivity index (χ2n) is 4.96. The summed E-state index contributed by atoms with van der Waals surface area (Å²) in [6.07, 6.45) is 1.21. The van der Waals surface area contributed by atoms with Crippen LogP contribution >= 0.6 is 12.4 Å². The van der Waals surface area contributed by atoms with Crippen LogP contribution in [-0.4, -0.2) is 43.9 Å². The van der Waals surface area contributed by atoms with Gasteiger partial charge < -0.3 is 15.2 Å². The Morgan fingerprint density at radius 3 is 3.05 bits per heavy atom. The maximum atomic E-state index is 5.67. The van der Waals surface area contributed by atoms with Crippen molar-refractivity contribution in [3.8, 4) is 5.75 Å². The number of nitrogens with two attached hydrogens (primary N) is 1. The average molecular weight is 301 g/mol. The summed E-state index contributed by atoms with van der Waals surface area (Å²) in [6.45, 7) is 7.07. The molecule has 0 aliphatic carbocycles. The van der Waals surface area contributed by atoms with Gasteiger partial charge in [-0.25, -0.2) is 0 Å². The molecule has 5 heteroatoms. The summed E-state index contributed by atoms with van der Waals surface area (Å²) >= 11 is 0. The molecular weight excluding hydrogens is 276 g/mol. The van der Waals surface area contributed by atoms with Crippen molar-refractivity contribution in [2.75, 3.05) is 32.8 Å². The molecule has 1 aliphatic rings. The Labute approximate surface area is 127 Å². The quantitative estimate of drug-likeness (QED) is 0.873. The second-order valence-corrected chi connectivity index (χ2v) is 4.96. The van der Waals surface area contributed by atoms with E-state index in [1.54, 1.807) is 0 Å². The standard InChI is InChI=1S/C15H24N2O2.ClH/c1-2-7-18-14-5-3-4-13(9-14)11-17-6-8-19-15(10-16)12-17;/h3-5,9,15H,2,6-8,10-12,16H2,1H3;1H. The van der Waals surface area contributed by atoms with Crippen LogP contribution in [0.1, 0.15) is 18.9 Å². The molecule has 114 valence electrons. The topological polar surface area (TPSA) is 47.7 Å². The minimum atomic E-state index is 0. The number of hydrogen-bond acceptors (Lipinski definition) is 4. The molecule has 4 nitrogen and oxygen atoms in total. The average Bonchev–Trinajstić information content (AvgIpc) is 2.46. The molecule has 1 saturated heterocycles. The van der Waals surface area contributed by atoms with E-state index in [0.29, 0.717) is 6.54 Å². The van der Waals surface area contributed by atoms with E-state index in [4.69, 9.17) is 15.2 Å². The van der Waals surface area contributed by atoms with E-state index in [1.165, 1.54) is 5.56 Å². The highest BCUT2D eigenvalue weighted by molar-refractivity contribution is 5.85. The molecule has 1 unspecified atom stereocenters. The molecule has 0 radical (unpaired) electrons. The van der Waals surface area contributed by atoms with Gasteiger partial charge in [0.1, 0.15) is 5.75 Å². The SMILES string of the molecule is CCCOc1cccc(CN2CCOC(CN)C2)c1.Cl. The molecule has 1 atom stereocenters. The Morgan fingerprint density at radius 2 is 2.30 bits per heavy atom. The van der Waals surface area contributed by atoms with Gasteiger partial charge in [-0.3, -0.25) is 4.90 Å². The van der Waals surface area contributed by atoms with E-state index in [-0.39, 0.29) is 18.5 Å². The first-order valence-electron chi connectivity index (χ1n) is 7.07. The first kappa shape index (κ1) is 17.2. The minimum absolute atomic E-state index is 0. The lowest BCUT2D eigenvalue weighted by Gasteiger charge is -2.32. The van der Waals surface area contributed by atoms with Gasteiger partial charge in [0.2, 0.25) is 0 Å². The highest BCUT2D eigenvalue weighted by atomic mass is 35.5. The zero-order valence-electron chi connectivity index (χ0n) is 12.1. The van der Waals surface area contributed by atoms with E-state index < -0.39 is 0 Å². The van der Waals surface area contributed by atoms with E-state index >= 15 is 0 Å².